The quantitative estimate of drug-likeness (QED) is 0.418. The number of carbonyl (C=O) groups is 1. The number of methoxy groups -OCH3 is 1. The summed E-state index contributed by atoms with van der Waals surface area (Å²) in [6.07, 6.45) is 3.74. The highest BCUT2D eigenvalue weighted by molar-refractivity contribution is 6.31. The van der Waals surface area contributed by atoms with Crippen LogP contribution < -0.4 is 10.1 Å². The van der Waals surface area contributed by atoms with Crippen molar-refractivity contribution in [3.05, 3.63) is 53.1 Å². The summed E-state index contributed by atoms with van der Waals surface area (Å²) in [5.74, 6) is -0.443. The summed E-state index contributed by atoms with van der Waals surface area (Å²) in [7, 11) is 1.57. The van der Waals surface area contributed by atoms with Crippen molar-refractivity contribution in [2.45, 2.75) is 32.4 Å². The molecule has 1 saturated heterocycles. The van der Waals surface area contributed by atoms with E-state index in [4.69, 9.17) is 16.3 Å². The smallest absolute Gasteiger partial charge is 0.320 e. The molecule has 8 nitrogen and oxygen atoms in total. The van der Waals surface area contributed by atoms with Crippen molar-refractivity contribution in [2.24, 2.45) is 0 Å². The van der Waals surface area contributed by atoms with Crippen LogP contribution in [-0.2, 0) is 11.3 Å². The number of aliphatic carboxylic acids is 1. The third-order valence-electron chi connectivity index (χ3n) is 6.42. The van der Waals surface area contributed by atoms with E-state index in [2.05, 4.69) is 20.2 Å². The number of carboxylic acids is 1. The van der Waals surface area contributed by atoms with Crippen LogP contribution in [-0.4, -0.2) is 70.2 Å². The molecule has 2 N–H and O–H groups in total. The summed E-state index contributed by atoms with van der Waals surface area (Å²) in [5, 5.41) is 13.4. The zero-order chi connectivity index (χ0) is 24.9. The molecular weight excluding hydrogens is 473 g/mol. The molecule has 0 spiro atoms. The van der Waals surface area contributed by atoms with Crippen molar-refractivity contribution in [3.8, 4) is 5.75 Å². The van der Waals surface area contributed by atoms with Crippen LogP contribution in [0, 0.1) is 5.82 Å². The molecule has 4 rings (SSSR count). The summed E-state index contributed by atoms with van der Waals surface area (Å²) in [6, 6.07) is 7.68. The van der Waals surface area contributed by atoms with Crippen LogP contribution >= 0.6 is 11.6 Å². The number of hydrogen-bond donors (Lipinski definition) is 2. The molecule has 0 radical (unpaired) electrons. The zero-order valence-corrected chi connectivity index (χ0v) is 20.6. The van der Waals surface area contributed by atoms with Gasteiger partial charge in [-0.1, -0.05) is 17.7 Å². The highest BCUT2D eigenvalue weighted by Gasteiger charge is 2.24. The lowest BCUT2D eigenvalue weighted by Gasteiger charge is -2.29. The third-order valence-corrected chi connectivity index (χ3v) is 6.71. The van der Waals surface area contributed by atoms with Gasteiger partial charge in [0.2, 0.25) is 0 Å². The van der Waals surface area contributed by atoms with E-state index >= 15 is 0 Å². The normalized spacial score (nSPS) is 15.0. The number of benzene rings is 2. The van der Waals surface area contributed by atoms with E-state index in [1.807, 2.05) is 11.0 Å². The number of likely N-dealkylation sites (tertiary alicyclic amines) is 1. The molecule has 1 fully saturated rings. The maximum atomic E-state index is 14.5. The van der Waals surface area contributed by atoms with Crippen LogP contribution in [0.15, 0.2) is 36.7 Å². The highest BCUT2D eigenvalue weighted by atomic mass is 35.5. The molecule has 2 heterocycles. The molecule has 186 valence electrons. The van der Waals surface area contributed by atoms with Crippen LogP contribution in [0.4, 0.5) is 15.9 Å². The lowest BCUT2D eigenvalue weighted by Crippen LogP contribution is -2.42. The van der Waals surface area contributed by atoms with Gasteiger partial charge in [-0.05, 0) is 51.1 Å². The minimum absolute atomic E-state index is 0.00650. The van der Waals surface area contributed by atoms with E-state index in [-0.39, 0.29) is 10.7 Å². The zero-order valence-electron chi connectivity index (χ0n) is 19.8. The number of anilines is 2. The Labute approximate surface area is 208 Å². The van der Waals surface area contributed by atoms with E-state index in [0.29, 0.717) is 35.6 Å². The van der Waals surface area contributed by atoms with Gasteiger partial charge < -0.3 is 20.1 Å². The second-order valence-corrected chi connectivity index (χ2v) is 9.07. The highest BCUT2D eigenvalue weighted by Crippen LogP contribution is 2.32. The van der Waals surface area contributed by atoms with Crippen molar-refractivity contribution in [3.63, 3.8) is 0 Å². The van der Waals surface area contributed by atoms with Crippen molar-refractivity contribution in [2.75, 3.05) is 38.6 Å². The molecule has 1 atom stereocenters. The summed E-state index contributed by atoms with van der Waals surface area (Å²) < 4.78 is 20.1. The predicted molar refractivity (Wildman–Crippen MR) is 134 cm³/mol. The second kappa shape index (κ2) is 11.2. The number of carboxylic acid groups (broad SMARTS) is 1. The number of nitrogens with one attached hydrogen (secondary N) is 1. The number of aromatic nitrogens is 2. The Kier molecular flexibility index (Phi) is 8.00. The summed E-state index contributed by atoms with van der Waals surface area (Å²) in [6.45, 7) is 5.55. The Balaban J connectivity index is 1.67. The van der Waals surface area contributed by atoms with Crippen molar-refractivity contribution in [1.82, 2.24) is 19.8 Å². The lowest BCUT2D eigenvalue weighted by atomic mass is 10.1. The molecule has 2 aromatic carbocycles. The minimum Gasteiger partial charge on any atom is -0.496 e. The second-order valence-electron chi connectivity index (χ2n) is 8.66. The molecule has 0 unspecified atom stereocenters. The van der Waals surface area contributed by atoms with Gasteiger partial charge in [-0.25, -0.2) is 14.4 Å². The van der Waals surface area contributed by atoms with Gasteiger partial charge in [0.15, 0.2) is 5.82 Å². The Hall–Kier alpha value is -3.01. The molecule has 10 heteroatoms. The third kappa shape index (κ3) is 5.80. The SMILES string of the molecule is COc1cc2ncnc(Nc3cccc(Cl)c3F)c2cc1CN(CCN1CCCC1)[C@@H](C)C(=O)O. The van der Waals surface area contributed by atoms with Gasteiger partial charge in [0.1, 0.15) is 23.9 Å². The fourth-order valence-corrected chi connectivity index (χ4v) is 4.51. The number of hydrogen-bond acceptors (Lipinski definition) is 7. The van der Waals surface area contributed by atoms with Crippen LogP contribution in [0.25, 0.3) is 10.9 Å². The average molecular weight is 502 g/mol. The van der Waals surface area contributed by atoms with Crippen LogP contribution in [0.2, 0.25) is 5.02 Å². The fraction of sp³-hybridized carbons (Fsp3) is 0.400. The first-order valence-electron chi connectivity index (χ1n) is 11.6. The van der Waals surface area contributed by atoms with Gasteiger partial charge >= 0.3 is 5.97 Å². The molecule has 35 heavy (non-hydrogen) atoms. The van der Waals surface area contributed by atoms with Crippen LogP contribution in [0.1, 0.15) is 25.3 Å². The molecule has 1 aromatic heterocycles. The molecule has 1 aliphatic rings. The first-order valence-corrected chi connectivity index (χ1v) is 12.0. The standard InChI is InChI=1S/C25H29ClFN5O3/c1-16(25(33)34)32(11-10-31-8-3-4-9-31)14-17-12-18-21(13-22(17)35-2)28-15-29-24(18)30-20-7-5-6-19(26)23(20)27/h5-7,12-13,15-16H,3-4,8-11,14H2,1-2H3,(H,33,34)(H,28,29,30)/t16-/m0/s1. The molecule has 1 aliphatic heterocycles. The number of ether oxygens (including phenoxy) is 1. The summed E-state index contributed by atoms with van der Waals surface area (Å²) >= 11 is 5.93. The Morgan fingerprint density at radius 2 is 2.09 bits per heavy atom. The van der Waals surface area contributed by atoms with E-state index in [1.165, 1.54) is 25.2 Å². The Bertz CT molecular complexity index is 1210. The monoisotopic (exact) mass is 501 g/mol. The van der Waals surface area contributed by atoms with Crippen LogP contribution in [0.3, 0.4) is 0 Å². The van der Waals surface area contributed by atoms with Crippen LogP contribution in [0.5, 0.6) is 5.75 Å². The number of rotatable bonds is 10. The first-order chi connectivity index (χ1) is 16.9. The molecule has 0 amide bonds. The van der Waals surface area contributed by atoms with Crippen molar-refractivity contribution in [1.29, 1.82) is 0 Å². The maximum Gasteiger partial charge on any atom is 0.320 e. The predicted octanol–water partition coefficient (Wildman–Crippen LogP) is 4.55. The lowest BCUT2D eigenvalue weighted by molar-refractivity contribution is -0.142. The first kappa shape index (κ1) is 25.1. The number of fused-ring (bicyclic) bond motifs is 1. The van der Waals surface area contributed by atoms with Crippen molar-refractivity contribution >= 4 is 40.0 Å². The van der Waals surface area contributed by atoms with E-state index in [1.54, 1.807) is 32.2 Å². The number of halogens is 2. The van der Waals surface area contributed by atoms with E-state index < -0.39 is 17.8 Å². The van der Waals surface area contributed by atoms with Gasteiger partial charge in [-0.15, -0.1) is 0 Å². The fourth-order valence-electron chi connectivity index (χ4n) is 4.33. The van der Waals surface area contributed by atoms with Gasteiger partial charge in [0, 0.05) is 36.7 Å². The maximum absolute atomic E-state index is 14.5. The Morgan fingerprint density at radius 3 is 2.80 bits per heavy atom. The molecule has 0 bridgehead atoms. The summed E-state index contributed by atoms with van der Waals surface area (Å²) in [4.78, 5) is 24.8. The van der Waals surface area contributed by atoms with Crippen molar-refractivity contribution < 1.29 is 19.0 Å². The van der Waals surface area contributed by atoms with Gasteiger partial charge in [0.05, 0.1) is 23.3 Å². The van der Waals surface area contributed by atoms with E-state index in [0.717, 1.165) is 25.2 Å². The molecule has 0 saturated carbocycles. The largest absolute Gasteiger partial charge is 0.496 e. The average Bonchev–Trinajstić information content (AvgIpc) is 3.37. The topological polar surface area (TPSA) is 90.8 Å². The molecule has 3 aromatic rings. The van der Waals surface area contributed by atoms with Gasteiger partial charge in [-0.3, -0.25) is 9.69 Å². The Morgan fingerprint density at radius 1 is 1.31 bits per heavy atom. The molecular formula is C25H29ClFN5O3. The van der Waals surface area contributed by atoms with E-state index in [9.17, 15) is 14.3 Å². The van der Waals surface area contributed by atoms with Gasteiger partial charge in [0.25, 0.3) is 0 Å². The minimum atomic E-state index is -0.881. The molecule has 0 aliphatic carbocycles. The summed E-state index contributed by atoms with van der Waals surface area (Å²) in [5.41, 5.74) is 1.60. The number of nitrogens with zero attached hydrogens (tertiary/aromatic N) is 4. The van der Waals surface area contributed by atoms with Gasteiger partial charge in [-0.2, -0.15) is 0 Å².